The molecule has 0 unspecified atom stereocenters. The highest BCUT2D eigenvalue weighted by atomic mass is 19.3. The zero-order chi connectivity index (χ0) is 18.0. The fourth-order valence-electron chi connectivity index (χ4n) is 2.45. The third-order valence-corrected chi connectivity index (χ3v) is 3.59. The molecule has 130 valence electrons. The fourth-order valence-corrected chi connectivity index (χ4v) is 2.45. The number of benzene rings is 1. The lowest BCUT2D eigenvalue weighted by atomic mass is 10.2. The van der Waals surface area contributed by atoms with E-state index in [-0.39, 0.29) is 17.2 Å². The van der Waals surface area contributed by atoms with Gasteiger partial charge in [0.25, 0.3) is 5.56 Å². The Morgan fingerprint density at radius 2 is 1.96 bits per heavy atom. The van der Waals surface area contributed by atoms with Crippen LogP contribution in [0.5, 0.6) is 5.75 Å². The summed E-state index contributed by atoms with van der Waals surface area (Å²) in [6.45, 7) is -1.26. The molecule has 3 rings (SSSR count). The normalized spacial score (nSPS) is 11.1. The highest BCUT2D eigenvalue weighted by Crippen LogP contribution is 2.23. The molecular weight excluding hydrogens is 335 g/mol. The Morgan fingerprint density at radius 1 is 1.24 bits per heavy atom. The van der Waals surface area contributed by atoms with Crippen LogP contribution in [0.15, 0.2) is 47.4 Å². The first kappa shape index (κ1) is 16.8. The largest absolute Gasteiger partial charge is 0.431 e. The predicted octanol–water partition coefficient (Wildman–Crippen LogP) is 3.74. The van der Waals surface area contributed by atoms with Crippen molar-refractivity contribution < 1.29 is 17.9 Å². The standard InChI is InChI=1S/C17H14F3N3O2/c1-2-12-14(21-11-7-5-10(18)6-8-11)22-15-13(25-17(19)20)4-3-9-23(15)16(12)24/h3-9,17,21H,2H2,1H3. The molecular formula is C17H14F3N3O2. The first-order chi connectivity index (χ1) is 12.0. The Morgan fingerprint density at radius 3 is 2.60 bits per heavy atom. The minimum absolute atomic E-state index is 0.0328. The number of ether oxygens (including phenoxy) is 1. The molecule has 0 saturated heterocycles. The van der Waals surface area contributed by atoms with Crippen molar-refractivity contribution in [2.45, 2.75) is 20.0 Å². The van der Waals surface area contributed by atoms with E-state index in [1.165, 1.54) is 42.6 Å². The van der Waals surface area contributed by atoms with Crippen LogP contribution < -0.4 is 15.6 Å². The Balaban J connectivity index is 2.16. The topological polar surface area (TPSA) is 55.6 Å². The number of rotatable bonds is 5. The number of anilines is 2. The van der Waals surface area contributed by atoms with Crippen molar-refractivity contribution in [3.8, 4) is 5.75 Å². The molecule has 0 aliphatic carbocycles. The summed E-state index contributed by atoms with van der Waals surface area (Å²) in [4.78, 5) is 16.9. The van der Waals surface area contributed by atoms with E-state index in [1.54, 1.807) is 6.92 Å². The van der Waals surface area contributed by atoms with Gasteiger partial charge in [-0.1, -0.05) is 6.92 Å². The maximum absolute atomic E-state index is 13.0. The summed E-state index contributed by atoms with van der Waals surface area (Å²) in [6, 6.07) is 8.22. The average Bonchev–Trinajstić information content (AvgIpc) is 2.58. The quantitative estimate of drug-likeness (QED) is 0.762. The summed E-state index contributed by atoms with van der Waals surface area (Å²) in [5.41, 5.74) is 0.460. The van der Waals surface area contributed by atoms with Gasteiger partial charge in [-0.2, -0.15) is 8.78 Å². The molecule has 0 aliphatic rings. The van der Waals surface area contributed by atoms with Crippen LogP contribution in [-0.2, 0) is 6.42 Å². The molecule has 0 amide bonds. The van der Waals surface area contributed by atoms with Gasteiger partial charge in [-0.05, 0) is 42.8 Å². The maximum atomic E-state index is 13.0. The van der Waals surface area contributed by atoms with Gasteiger partial charge in [-0.25, -0.2) is 9.37 Å². The van der Waals surface area contributed by atoms with Gasteiger partial charge in [0.15, 0.2) is 11.4 Å². The molecule has 0 spiro atoms. The lowest BCUT2D eigenvalue weighted by Gasteiger charge is -2.14. The van der Waals surface area contributed by atoms with Crippen LogP contribution in [0, 0.1) is 5.82 Å². The lowest BCUT2D eigenvalue weighted by Crippen LogP contribution is -2.22. The van der Waals surface area contributed by atoms with Crippen molar-refractivity contribution in [3.63, 3.8) is 0 Å². The minimum Gasteiger partial charge on any atom is -0.431 e. The van der Waals surface area contributed by atoms with Gasteiger partial charge in [0.05, 0.1) is 5.56 Å². The first-order valence-electron chi connectivity index (χ1n) is 7.51. The summed E-state index contributed by atoms with van der Waals surface area (Å²) in [7, 11) is 0. The van der Waals surface area contributed by atoms with Crippen molar-refractivity contribution >= 4 is 17.2 Å². The Bertz CT molecular complexity index is 956. The number of nitrogens with one attached hydrogen (secondary N) is 1. The van der Waals surface area contributed by atoms with E-state index in [2.05, 4.69) is 15.0 Å². The SMILES string of the molecule is CCc1c(Nc2ccc(F)cc2)nc2c(OC(F)F)cccn2c1=O. The smallest absolute Gasteiger partial charge is 0.387 e. The molecule has 2 aromatic heterocycles. The van der Waals surface area contributed by atoms with Crippen molar-refractivity contribution in [1.82, 2.24) is 9.38 Å². The van der Waals surface area contributed by atoms with Crippen LogP contribution >= 0.6 is 0 Å². The molecule has 0 bridgehead atoms. The summed E-state index contributed by atoms with van der Waals surface area (Å²) in [5.74, 6) is -0.399. The second-order valence-corrected chi connectivity index (χ2v) is 5.17. The van der Waals surface area contributed by atoms with Gasteiger partial charge in [-0.3, -0.25) is 9.20 Å². The highest BCUT2D eigenvalue weighted by Gasteiger charge is 2.16. The molecule has 0 fully saturated rings. The van der Waals surface area contributed by atoms with E-state index in [0.717, 1.165) is 4.40 Å². The van der Waals surface area contributed by atoms with Crippen LogP contribution in [-0.4, -0.2) is 16.0 Å². The summed E-state index contributed by atoms with van der Waals surface area (Å²) < 4.78 is 43.8. The van der Waals surface area contributed by atoms with Gasteiger partial charge in [0, 0.05) is 11.9 Å². The molecule has 0 atom stereocenters. The molecule has 0 radical (unpaired) electrons. The van der Waals surface area contributed by atoms with E-state index in [9.17, 15) is 18.0 Å². The zero-order valence-corrected chi connectivity index (χ0v) is 13.2. The summed E-state index contributed by atoms with van der Waals surface area (Å²) in [5, 5.41) is 2.93. The maximum Gasteiger partial charge on any atom is 0.387 e. The van der Waals surface area contributed by atoms with Gasteiger partial charge < -0.3 is 10.1 Å². The average molecular weight is 349 g/mol. The van der Waals surface area contributed by atoms with Gasteiger partial charge in [0.2, 0.25) is 0 Å². The predicted molar refractivity (Wildman–Crippen MR) is 87.2 cm³/mol. The molecule has 1 aromatic carbocycles. The first-order valence-corrected chi connectivity index (χ1v) is 7.51. The van der Waals surface area contributed by atoms with E-state index in [1.807, 2.05) is 0 Å². The summed E-state index contributed by atoms with van der Waals surface area (Å²) >= 11 is 0. The van der Waals surface area contributed by atoms with Crippen molar-refractivity contribution in [2.24, 2.45) is 0 Å². The van der Waals surface area contributed by atoms with Gasteiger partial charge in [-0.15, -0.1) is 0 Å². The summed E-state index contributed by atoms with van der Waals surface area (Å²) in [6.07, 6.45) is 1.81. The monoisotopic (exact) mass is 349 g/mol. The molecule has 3 aromatic rings. The number of hydrogen-bond acceptors (Lipinski definition) is 4. The lowest BCUT2D eigenvalue weighted by molar-refractivity contribution is -0.0491. The van der Waals surface area contributed by atoms with Crippen LogP contribution in [0.1, 0.15) is 12.5 Å². The molecule has 0 saturated carbocycles. The van der Waals surface area contributed by atoms with Crippen LogP contribution in [0.2, 0.25) is 0 Å². The number of pyridine rings is 1. The Labute approximate surface area is 140 Å². The number of halogens is 3. The number of alkyl halides is 2. The molecule has 25 heavy (non-hydrogen) atoms. The van der Waals surface area contributed by atoms with Crippen LogP contribution in [0.4, 0.5) is 24.7 Å². The molecule has 0 aliphatic heterocycles. The number of hydrogen-bond donors (Lipinski definition) is 1. The van der Waals surface area contributed by atoms with Crippen LogP contribution in [0.3, 0.4) is 0 Å². The van der Waals surface area contributed by atoms with E-state index >= 15 is 0 Å². The number of nitrogens with zero attached hydrogens (tertiary/aromatic N) is 2. The van der Waals surface area contributed by atoms with Gasteiger partial charge in [0.1, 0.15) is 11.6 Å². The van der Waals surface area contributed by atoms with Crippen LogP contribution in [0.25, 0.3) is 5.65 Å². The number of fused-ring (bicyclic) bond motifs is 1. The van der Waals surface area contributed by atoms with Crippen molar-refractivity contribution in [3.05, 3.63) is 64.3 Å². The zero-order valence-electron chi connectivity index (χ0n) is 13.2. The second kappa shape index (κ2) is 6.84. The van der Waals surface area contributed by atoms with E-state index in [0.29, 0.717) is 17.7 Å². The third kappa shape index (κ3) is 3.42. The minimum atomic E-state index is -3.04. The van der Waals surface area contributed by atoms with E-state index in [4.69, 9.17) is 0 Å². The molecule has 2 heterocycles. The fraction of sp³-hybridized carbons (Fsp3) is 0.176. The van der Waals surface area contributed by atoms with Crippen molar-refractivity contribution in [1.29, 1.82) is 0 Å². The van der Waals surface area contributed by atoms with E-state index < -0.39 is 18.0 Å². The van der Waals surface area contributed by atoms with Crippen molar-refractivity contribution in [2.75, 3.05) is 5.32 Å². The Hall–Kier alpha value is -3.03. The van der Waals surface area contributed by atoms with Gasteiger partial charge >= 0.3 is 6.61 Å². The molecule has 8 heteroatoms. The third-order valence-electron chi connectivity index (χ3n) is 3.59. The Kier molecular flexibility index (Phi) is 4.60. The molecule has 1 N–H and O–H groups in total. The second-order valence-electron chi connectivity index (χ2n) is 5.17. The highest BCUT2D eigenvalue weighted by molar-refractivity contribution is 5.64. The molecule has 5 nitrogen and oxygen atoms in total. The number of aromatic nitrogens is 2.